The highest BCUT2D eigenvalue weighted by Crippen LogP contribution is 2.28. The Morgan fingerprint density at radius 3 is 2.48 bits per heavy atom. The topological polar surface area (TPSA) is 71.1 Å². The number of hydrogen-bond donors (Lipinski definition) is 1. The second kappa shape index (κ2) is 12.0. The van der Waals surface area contributed by atoms with Crippen LogP contribution in [0.4, 0.5) is 5.69 Å². The highest BCUT2D eigenvalue weighted by molar-refractivity contribution is 6.30. The van der Waals surface area contributed by atoms with Crippen molar-refractivity contribution in [3.63, 3.8) is 0 Å². The molecule has 1 aliphatic heterocycles. The number of benzene rings is 2. The zero-order valence-corrected chi connectivity index (χ0v) is 19.4. The van der Waals surface area contributed by atoms with Gasteiger partial charge in [0, 0.05) is 43.0 Å². The molecule has 2 amide bonds. The molecule has 1 fully saturated rings. The van der Waals surface area contributed by atoms with Gasteiger partial charge in [-0.15, -0.1) is 0 Å². The number of ether oxygens (including phenoxy) is 2. The van der Waals surface area contributed by atoms with Crippen LogP contribution in [-0.2, 0) is 9.59 Å². The first-order valence-corrected chi connectivity index (χ1v) is 11.0. The molecule has 0 bridgehead atoms. The molecule has 0 unspecified atom stereocenters. The Labute approximate surface area is 199 Å². The number of methoxy groups -OCH3 is 1. The number of carbonyl (C=O) groups is 2. The fourth-order valence-electron chi connectivity index (χ4n) is 3.43. The average Bonchev–Trinajstić information content (AvgIpc) is 2.85. The number of carbonyl (C=O) groups excluding carboxylic acids is 2. The van der Waals surface area contributed by atoms with E-state index in [0.29, 0.717) is 36.2 Å². The third-order valence-electron chi connectivity index (χ3n) is 5.21. The number of piperazine rings is 1. The van der Waals surface area contributed by atoms with Crippen LogP contribution >= 0.6 is 11.6 Å². The molecule has 0 radical (unpaired) electrons. The molecule has 8 heteroatoms. The van der Waals surface area contributed by atoms with Crippen LogP contribution in [0.25, 0.3) is 6.08 Å². The summed E-state index contributed by atoms with van der Waals surface area (Å²) in [5, 5.41) is 3.35. The minimum atomic E-state index is -0.339. The quantitative estimate of drug-likeness (QED) is 0.450. The Morgan fingerprint density at radius 1 is 1.09 bits per heavy atom. The van der Waals surface area contributed by atoms with Crippen LogP contribution in [0.2, 0.25) is 5.02 Å². The van der Waals surface area contributed by atoms with Crippen molar-refractivity contribution in [1.82, 2.24) is 10.2 Å². The zero-order valence-electron chi connectivity index (χ0n) is 18.6. The third kappa shape index (κ3) is 7.02. The standard InChI is InChI=1S/C25H28ClN3O4/c1-3-16-33-22-10-4-19(17-23(22)32-2)5-11-24(30)27-18-25(31)29-14-12-28(13-15-29)21-8-6-20(26)7-9-21/h3-11,17H,1,12-16,18H2,2H3,(H,27,30)/b11-5+. The zero-order chi connectivity index (χ0) is 23.6. The Kier molecular flexibility index (Phi) is 8.78. The molecule has 0 aliphatic carbocycles. The van der Waals surface area contributed by atoms with Gasteiger partial charge in [0.25, 0.3) is 0 Å². The van der Waals surface area contributed by atoms with Gasteiger partial charge in [-0.1, -0.05) is 30.3 Å². The van der Waals surface area contributed by atoms with Crippen LogP contribution in [0.15, 0.2) is 61.2 Å². The Balaban J connectivity index is 1.45. The maximum Gasteiger partial charge on any atom is 0.244 e. The summed E-state index contributed by atoms with van der Waals surface area (Å²) in [5.74, 6) is 0.722. The van der Waals surface area contributed by atoms with Crippen molar-refractivity contribution >= 4 is 35.2 Å². The first kappa shape index (κ1) is 24.2. The minimum Gasteiger partial charge on any atom is -0.493 e. The molecular weight excluding hydrogens is 442 g/mol. The molecule has 0 spiro atoms. The molecule has 1 aliphatic rings. The summed E-state index contributed by atoms with van der Waals surface area (Å²) < 4.78 is 10.8. The lowest BCUT2D eigenvalue weighted by atomic mass is 10.2. The van der Waals surface area contributed by atoms with E-state index in [0.717, 1.165) is 24.3 Å². The largest absolute Gasteiger partial charge is 0.493 e. The SMILES string of the molecule is C=CCOc1ccc(/C=C/C(=O)NCC(=O)N2CCN(c3ccc(Cl)cc3)CC2)cc1OC. The van der Waals surface area contributed by atoms with Gasteiger partial charge in [0.05, 0.1) is 13.7 Å². The van der Waals surface area contributed by atoms with Crippen molar-refractivity contribution < 1.29 is 19.1 Å². The molecule has 2 aromatic carbocycles. The van der Waals surface area contributed by atoms with E-state index >= 15 is 0 Å². The van der Waals surface area contributed by atoms with E-state index in [9.17, 15) is 9.59 Å². The number of rotatable bonds is 9. The van der Waals surface area contributed by atoms with Crippen molar-refractivity contribution in [3.8, 4) is 11.5 Å². The van der Waals surface area contributed by atoms with E-state index in [1.807, 2.05) is 30.3 Å². The second-order valence-corrected chi connectivity index (χ2v) is 7.84. The molecule has 0 atom stereocenters. The first-order chi connectivity index (χ1) is 16.0. The Bertz CT molecular complexity index is 999. The molecule has 2 aromatic rings. The highest BCUT2D eigenvalue weighted by Gasteiger charge is 2.21. The van der Waals surface area contributed by atoms with Crippen LogP contribution in [-0.4, -0.2) is 63.2 Å². The number of hydrogen-bond acceptors (Lipinski definition) is 5. The fourth-order valence-corrected chi connectivity index (χ4v) is 3.55. The van der Waals surface area contributed by atoms with Gasteiger partial charge in [-0.25, -0.2) is 0 Å². The molecule has 0 saturated carbocycles. The number of nitrogens with zero attached hydrogens (tertiary/aromatic N) is 2. The molecule has 7 nitrogen and oxygen atoms in total. The lowest BCUT2D eigenvalue weighted by Crippen LogP contribution is -2.51. The number of nitrogens with one attached hydrogen (secondary N) is 1. The Hall–Kier alpha value is -3.45. The van der Waals surface area contributed by atoms with Crippen molar-refractivity contribution in [1.29, 1.82) is 0 Å². The number of amides is 2. The van der Waals surface area contributed by atoms with E-state index in [1.54, 1.807) is 36.3 Å². The Morgan fingerprint density at radius 2 is 1.82 bits per heavy atom. The predicted molar refractivity (Wildman–Crippen MR) is 131 cm³/mol. The van der Waals surface area contributed by atoms with Gasteiger partial charge in [0.2, 0.25) is 11.8 Å². The summed E-state index contributed by atoms with van der Waals surface area (Å²) >= 11 is 5.94. The first-order valence-electron chi connectivity index (χ1n) is 10.7. The van der Waals surface area contributed by atoms with Gasteiger partial charge in [-0.2, -0.15) is 0 Å². The van der Waals surface area contributed by atoms with Crippen LogP contribution in [0.1, 0.15) is 5.56 Å². The molecule has 1 saturated heterocycles. The van der Waals surface area contributed by atoms with Gasteiger partial charge < -0.3 is 24.6 Å². The summed E-state index contributed by atoms with van der Waals surface area (Å²) in [6, 6.07) is 13.0. The van der Waals surface area contributed by atoms with Crippen molar-refractivity contribution in [3.05, 3.63) is 71.8 Å². The van der Waals surface area contributed by atoms with Gasteiger partial charge in [-0.3, -0.25) is 9.59 Å². The molecule has 33 heavy (non-hydrogen) atoms. The monoisotopic (exact) mass is 469 g/mol. The summed E-state index contributed by atoms with van der Waals surface area (Å²) in [7, 11) is 1.55. The van der Waals surface area contributed by atoms with Gasteiger partial charge in [-0.05, 0) is 48.0 Å². The summed E-state index contributed by atoms with van der Waals surface area (Å²) in [5.41, 5.74) is 1.86. The summed E-state index contributed by atoms with van der Waals surface area (Å²) in [6.07, 6.45) is 4.70. The maximum absolute atomic E-state index is 12.5. The minimum absolute atomic E-state index is 0.0399. The number of halogens is 1. The lowest BCUT2D eigenvalue weighted by Gasteiger charge is -2.36. The van der Waals surface area contributed by atoms with Gasteiger partial charge >= 0.3 is 0 Å². The highest BCUT2D eigenvalue weighted by atomic mass is 35.5. The van der Waals surface area contributed by atoms with Crippen LogP contribution < -0.4 is 19.7 Å². The van der Waals surface area contributed by atoms with Crippen LogP contribution in [0, 0.1) is 0 Å². The molecule has 1 heterocycles. The van der Waals surface area contributed by atoms with Crippen molar-refractivity contribution in [2.24, 2.45) is 0 Å². The summed E-state index contributed by atoms with van der Waals surface area (Å²) in [4.78, 5) is 28.6. The second-order valence-electron chi connectivity index (χ2n) is 7.41. The predicted octanol–water partition coefficient (Wildman–Crippen LogP) is 3.39. The molecular formula is C25H28ClN3O4. The molecule has 0 aromatic heterocycles. The van der Waals surface area contributed by atoms with E-state index in [4.69, 9.17) is 21.1 Å². The maximum atomic E-state index is 12.5. The smallest absolute Gasteiger partial charge is 0.244 e. The normalized spacial score (nSPS) is 13.6. The van der Waals surface area contributed by atoms with Gasteiger partial charge in [0.1, 0.15) is 6.61 Å². The molecule has 1 N–H and O–H groups in total. The van der Waals surface area contributed by atoms with Crippen LogP contribution in [0.5, 0.6) is 11.5 Å². The average molecular weight is 470 g/mol. The summed E-state index contributed by atoms with van der Waals surface area (Å²) in [6.45, 7) is 6.63. The van der Waals surface area contributed by atoms with E-state index < -0.39 is 0 Å². The molecule has 174 valence electrons. The van der Waals surface area contributed by atoms with Gasteiger partial charge in [0.15, 0.2) is 11.5 Å². The van der Waals surface area contributed by atoms with Crippen molar-refractivity contribution in [2.75, 3.05) is 51.3 Å². The molecule has 3 rings (SSSR count). The van der Waals surface area contributed by atoms with E-state index in [1.165, 1.54) is 6.08 Å². The third-order valence-corrected chi connectivity index (χ3v) is 5.46. The van der Waals surface area contributed by atoms with Crippen LogP contribution in [0.3, 0.4) is 0 Å². The lowest BCUT2D eigenvalue weighted by molar-refractivity contribution is -0.132. The van der Waals surface area contributed by atoms with E-state index in [2.05, 4.69) is 16.8 Å². The van der Waals surface area contributed by atoms with Crippen molar-refractivity contribution in [2.45, 2.75) is 0 Å². The fraction of sp³-hybridized carbons (Fsp3) is 0.280. The van der Waals surface area contributed by atoms with E-state index in [-0.39, 0.29) is 18.4 Å². The number of anilines is 1.